The van der Waals surface area contributed by atoms with Gasteiger partial charge in [0.15, 0.2) is 0 Å². The highest BCUT2D eigenvalue weighted by Gasteiger charge is 2.40. The van der Waals surface area contributed by atoms with Crippen LogP contribution in [0.15, 0.2) is 42.5 Å². The van der Waals surface area contributed by atoms with Crippen molar-refractivity contribution in [3.8, 4) is 11.1 Å². The Morgan fingerprint density at radius 1 is 1.03 bits per heavy atom. The van der Waals surface area contributed by atoms with Crippen LogP contribution in [0.2, 0.25) is 0 Å². The second kappa shape index (κ2) is 11.3. The average Bonchev–Trinajstić information content (AvgIpc) is 3.59. The van der Waals surface area contributed by atoms with Crippen LogP contribution >= 0.6 is 11.3 Å². The molecule has 0 unspecified atom stereocenters. The Balaban J connectivity index is 1.45. The Morgan fingerprint density at radius 3 is 2.54 bits per heavy atom. The van der Waals surface area contributed by atoms with Crippen LogP contribution in [-0.2, 0) is 9.59 Å². The third-order valence-electron chi connectivity index (χ3n) is 7.93. The molecule has 0 bridgehead atoms. The first-order valence-corrected chi connectivity index (χ1v) is 14.2. The molecule has 2 fully saturated rings. The maximum Gasteiger partial charge on any atom is 0.246 e. The number of nitrogens with one attached hydrogen (secondary N) is 2. The second-order valence-corrected chi connectivity index (χ2v) is 11.3. The molecule has 2 N–H and O–H groups in total. The first-order chi connectivity index (χ1) is 18.0. The van der Waals surface area contributed by atoms with Crippen molar-refractivity contribution in [3.63, 3.8) is 0 Å². The Kier molecular flexibility index (Phi) is 7.86. The SMILES string of the molecule is CN[C@@H](C)C(=O)N[C@H](C(=O)N1CCC[C@@H]1c1nc2c(-c3ccccc3F)cccc2s1)C1CCCCC1. The summed E-state index contributed by atoms with van der Waals surface area (Å²) in [6, 6.07) is 11.6. The van der Waals surface area contributed by atoms with Crippen molar-refractivity contribution in [3.05, 3.63) is 53.3 Å². The Bertz CT molecular complexity index is 1270. The summed E-state index contributed by atoms with van der Waals surface area (Å²) in [6.45, 7) is 2.46. The van der Waals surface area contributed by atoms with E-state index in [1.54, 1.807) is 30.5 Å². The van der Waals surface area contributed by atoms with Gasteiger partial charge in [0, 0.05) is 17.7 Å². The van der Waals surface area contributed by atoms with Gasteiger partial charge in [0.1, 0.15) is 16.9 Å². The number of amides is 2. The minimum atomic E-state index is -0.521. The van der Waals surface area contributed by atoms with Crippen LogP contribution in [-0.4, -0.2) is 47.4 Å². The largest absolute Gasteiger partial charge is 0.343 e. The lowest BCUT2D eigenvalue weighted by molar-refractivity contribution is -0.139. The number of nitrogens with zero attached hydrogens (tertiary/aromatic N) is 2. The fourth-order valence-corrected chi connectivity index (χ4v) is 6.87. The van der Waals surface area contributed by atoms with E-state index in [1.807, 2.05) is 36.1 Å². The molecule has 37 heavy (non-hydrogen) atoms. The standard InChI is InChI=1S/C29H35FN4O2S/c1-18(31-2)27(35)32-25(19-10-4-3-5-11-19)29(36)34-17-9-15-23(34)28-33-26-21(13-8-16-24(26)37-28)20-12-6-7-14-22(20)30/h6-8,12-14,16,18-19,23,25,31H,3-5,9-11,15,17H2,1-2H3,(H,32,35)/t18-,23+,25-/m0/s1. The van der Waals surface area contributed by atoms with E-state index >= 15 is 0 Å². The van der Waals surface area contributed by atoms with Crippen molar-refractivity contribution >= 4 is 33.4 Å². The Hall–Kier alpha value is -2.84. The van der Waals surface area contributed by atoms with Crippen LogP contribution in [0.25, 0.3) is 21.3 Å². The topological polar surface area (TPSA) is 74.3 Å². The number of carbonyl (C=O) groups is 2. The number of likely N-dealkylation sites (N-methyl/N-ethyl adjacent to an activating group) is 1. The maximum atomic E-state index is 14.6. The van der Waals surface area contributed by atoms with E-state index < -0.39 is 6.04 Å². The number of aromatic nitrogens is 1. The summed E-state index contributed by atoms with van der Waals surface area (Å²) >= 11 is 1.58. The minimum Gasteiger partial charge on any atom is -0.343 e. The van der Waals surface area contributed by atoms with Gasteiger partial charge in [-0.25, -0.2) is 9.37 Å². The number of halogens is 1. The zero-order valence-electron chi connectivity index (χ0n) is 21.5. The molecule has 5 rings (SSSR count). The zero-order valence-corrected chi connectivity index (χ0v) is 22.3. The molecule has 2 heterocycles. The first kappa shape index (κ1) is 25.8. The highest BCUT2D eigenvalue weighted by molar-refractivity contribution is 7.18. The summed E-state index contributed by atoms with van der Waals surface area (Å²) < 4.78 is 15.6. The van der Waals surface area contributed by atoms with Crippen LogP contribution in [0.5, 0.6) is 0 Å². The van der Waals surface area contributed by atoms with Crippen molar-refractivity contribution in [2.24, 2.45) is 5.92 Å². The van der Waals surface area contributed by atoms with E-state index in [4.69, 9.17) is 4.98 Å². The van der Waals surface area contributed by atoms with Gasteiger partial charge in [-0.05, 0) is 57.7 Å². The van der Waals surface area contributed by atoms with Crippen LogP contribution in [0, 0.1) is 11.7 Å². The van der Waals surface area contributed by atoms with E-state index in [2.05, 4.69) is 10.6 Å². The number of thiazole rings is 1. The molecule has 1 aliphatic heterocycles. The predicted octanol–water partition coefficient (Wildman–Crippen LogP) is 5.44. The summed E-state index contributed by atoms with van der Waals surface area (Å²) in [5, 5.41) is 6.96. The second-order valence-electron chi connectivity index (χ2n) is 10.3. The predicted molar refractivity (Wildman–Crippen MR) is 146 cm³/mol. The third kappa shape index (κ3) is 5.27. The molecule has 3 aromatic rings. The molecule has 0 radical (unpaired) electrons. The van der Waals surface area contributed by atoms with Gasteiger partial charge in [-0.2, -0.15) is 0 Å². The molecule has 2 aliphatic rings. The third-order valence-corrected chi connectivity index (χ3v) is 9.05. The fourth-order valence-electron chi connectivity index (χ4n) is 5.73. The van der Waals surface area contributed by atoms with E-state index in [9.17, 15) is 14.0 Å². The molecular weight excluding hydrogens is 487 g/mol. The van der Waals surface area contributed by atoms with Crippen LogP contribution in [0.4, 0.5) is 4.39 Å². The van der Waals surface area contributed by atoms with Crippen LogP contribution in [0.1, 0.15) is 62.9 Å². The normalized spacial score (nSPS) is 20.2. The van der Waals surface area contributed by atoms with Crippen molar-refractivity contribution in [2.75, 3.05) is 13.6 Å². The average molecular weight is 523 g/mol. The number of fused-ring (bicyclic) bond motifs is 1. The lowest BCUT2D eigenvalue weighted by Gasteiger charge is -2.35. The van der Waals surface area contributed by atoms with Gasteiger partial charge in [0.25, 0.3) is 0 Å². The number of benzene rings is 2. The zero-order chi connectivity index (χ0) is 25.9. The van der Waals surface area contributed by atoms with Gasteiger partial charge in [0.05, 0.1) is 22.3 Å². The van der Waals surface area contributed by atoms with Crippen molar-refractivity contribution < 1.29 is 14.0 Å². The monoisotopic (exact) mass is 522 g/mol. The molecule has 0 spiro atoms. The lowest BCUT2D eigenvalue weighted by atomic mass is 9.83. The van der Waals surface area contributed by atoms with Gasteiger partial charge in [-0.15, -0.1) is 11.3 Å². The van der Waals surface area contributed by atoms with Crippen molar-refractivity contribution in [1.29, 1.82) is 0 Å². The van der Waals surface area contributed by atoms with Gasteiger partial charge >= 0.3 is 0 Å². The molecule has 8 heteroatoms. The van der Waals surface area contributed by atoms with Crippen LogP contribution < -0.4 is 10.6 Å². The van der Waals surface area contributed by atoms with Gasteiger partial charge in [-0.3, -0.25) is 9.59 Å². The number of rotatable bonds is 7. The van der Waals surface area contributed by atoms with Crippen molar-refractivity contribution in [1.82, 2.24) is 20.5 Å². The quantitative estimate of drug-likeness (QED) is 0.433. The Morgan fingerprint density at radius 2 is 1.78 bits per heavy atom. The Labute approximate surface area is 221 Å². The molecule has 1 saturated carbocycles. The summed E-state index contributed by atoms with van der Waals surface area (Å²) in [6.07, 6.45) is 6.99. The molecule has 1 saturated heterocycles. The summed E-state index contributed by atoms with van der Waals surface area (Å²) in [4.78, 5) is 33.8. The molecule has 2 aromatic carbocycles. The van der Waals surface area contributed by atoms with E-state index in [0.717, 1.165) is 59.3 Å². The van der Waals surface area contributed by atoms with E-state index in [-0.39, 0.29) is 35.6 Å². The van der Waals surface area contributed by atoms with Gasteiger partial charge in [0.2, 0.25) is 11.8 Å². The number of hydrogen-bond donors (Lipinski definition) is 2. The smallest absolute Gasteiger partial charge is 0.246 e. The maximum absolute atomic E-state index is 14.6. The molecule has 1 aliphatic carbocycles. The number of para-hydroxylation sites is 1. The highest BCUT2D eigenvalue weighted by atomic mass is 32.1. The van der Waals surface area contributed by atoms with Crippen molar-refractivity contribution in [2.45, 2.75) is 70.0 Å². The molecule has 3 atom stereocenters. The molecule has 196 valence electrons. The number of carbonyl (C=O) groups excluding carboxylic acids is 2. The fraction of sp³-hybridized carbons (Fsp3) is 0.483. The molecule has 2 amide bonds. The van der Waals surface area contributed by atoms with Gasteiger partial charge < -0.3 is 15.5 Å². The first-order valence-electron chi connectivity index (χ1n) is 13.4. The van der Waals surface area contributed by atoms with Crippen LogP contribution in [0.3, 0.4) is 0 Å². The van der Waals surface area contributed by atoms with Gasteiger partial charge in [-0.1, -0.05) is 49.6 Å². The highest BCUT2D eigenvalue weighted by Crippen LogP contribution is 2.40. The summed E-state index contributed by atoms with van der Waals surface area (Å²) in [5.74, 6) is -0.265. The number of hydrogen-bond acceptors (Lipinski definition) is 5. The minimum absolute atomic E-state index is 0.000337. The van der Waals surface area contributed by atoms with E-state index in [0.29, 0.717) is 12.1 Å². The molecular formula is C29H35FN4O2S. The number of likely N-dealkylation sites (tertiary alicyclic amines) is 1. The summed E-state index contributed by atoms with van der Waals surface area (Å²) in [5.41, 5.74) is 2.07. The lowest BCUT2D eigenvalue weighted by Crippen LogP contribution is -2.55. The molecule has 6 nitrogen and oxygen atoms in total. The van der Waals surface area contributed by atoms with E-state index in [1.165, 1.54) is 12.5 Å². The molecule has 1 aromatic heterocycles. The summed E-state index contributed by atoms with van der Waals surface area (Å²) in [7, 11) is 1.75.